The molecule has 3 aromatic rings. The van der Waals surface area contributed by atoms with E-state index in [1.807, 2.05) is 24.3 Å². The second kappa shape index (κ2) is 6.18. The number of nitrogens with one attached hydrogen (secondary N) is 1. The first-order chi connectivity index (χ1) is 11.2. The molecule has 0 radical (unpaired) electrons. The standard InChI is InChI=1S/C16H16N6O/c1-23-12-2-3-13-10(6-12)7-15(21-14(18)4-5-17)22-16(13)11-8-19-20-9-11/h2-9H,17H2,1H3,(H,19,20)(H2,18,21,22)/b5-4-. The number of benzene rings is 1. The van der Waals surface area contributed by atoms with E-state index in [1.165, 1.54) is 12.3 Å². The maximum atomic E-state index is 5.79. The van der Waals surface area contributed by atoms with Crippen LogP contribution in [-0.2, 0) is 0 Å². The molecule has 0 aliphatic carbocycles. The Labute approximate surface area is 132 Å². The summed E-state index contributed by atoms with van der Waals surface area (Å²) < 4.78 is 5.29. The molecule has 0 aliphatic rings. The molecule has 0 unspecified atom stereocenters. The van der Waals surface area contributed by atoms with Gasteiger partial charge in [-0.25, -0.2) is 9.98 Å². The normalized spacial score (nSPS) is 12.1. The minimum absolute atomic E-state index is 0.278. The molecule has 7 heteroatoms. The van der Waals surface area contributed by atoms with Gasteiger partial charge in [0.1, 0.15) is 11.6 Å². The van der Waals surface area contributed by atoms with Crippen molar-refractivity contribution in [2.75, 3.05) is 7.11 Å². The number of ether oxygens (including phenoxy) is 1. The third kappa shape index (κ3) is 2.98. The van der Waals surface area contributed by atoms with Crippen molar-refractivity contribution < 1.29 is 4.74 Å². The quantitative estimate of drug-likeness (QED) is 0.504. The summed E-state index contributed by atoms with van der Waals surface area (Å²) in [5.41, 5.74) is 12.7. The van der Waals surface area contributed by atoms with E-state index in [0.29, 0.717) is 5.82 Å². The van der Waals surface area contributed by atoms with Crippen molar-refractivity contribution in [1.29, 1.82) is 0 Å². The Balaban J connectivity index is 2.24. The number of amidine groups is 1. The molecular weight excluding hydrogens is 292 g/mol. The van der Waals surface area contributed by atoms with Crippen LogP contribution in [0.4, 0.5) is 5.82 Å². The monoisotopic (exact) mass is 308 g/mol. The van der Waals surface area contributed by atoms with Gasteiger partial charge in [0, 0.05) is 17.1 Å². The van der Waals surface area contributed by atoms with Crippen LogP contribution in [0.1, 0.15) is 0 Å². The van der Waals surface area contributed by atoms with E-state index in [0.717, 1.165) is 27.8 Å². The molecule has 2 heterocycles. The Bertz CT molecular complexity index is 883. The van der Waals surface area contributed by atoms with Crippen molar-refractivity contribution in [3.8, 4) is 17.0 Å². The summed E-state index contributed by atoms with van der Waals surface area (Å²) in [4.78, 5) is 8.85. The highest BCUT2D eigenvalue weighted by Crippen LogP contribution is 2.31. The highest BCUT2D eigenvalue weighted by molar-refractivity contribution is 5.98. The molecule has 0 bridgehead atoms. The second-order valence-corrected chi connectivity index (χ2v) is 4.80. The van der Waals surface area contributed by atoms with Crippen molar-refractivity contribution in [2.45, 2.75) is 0 Å². The minimum Gasteiger partial charge on any atom is -0.497 e. The Morgan fingerprint density at radius 3 is 2.91 bits per heavy atom. The van der Waals surface area contributed by atoms with Crippen molar-refractivity contribution >= 4 is 22.4 Å². The maximum absolute atomic E-state index is 5.79. The van der Waals surface area contributed by atoms with Gasteiger partial charge in [-0.15, -0.1) is 0 Å². The average molecular weight is 308 g/mol. The van der Waals surface area contributed by atoms with E-state index in [2.05, 4.69) is 20.2 Å². The molecule has 0 saturated carbocycles. The molecule has 0 spiro atoms. The molecule has 1 aromatic carbocycles. The molecule has 7 nitrogen and oxygen atoms in total. The lowest BCUT2D eigenvalue weighted by Gasteiger charge is -2.08. The second-order valence-electron chi connectivity index (χ2n) is 4.80. The van der Waals surface area contributed by atoms with Gasteiger partial charge in [0.05, 0.1) is 19.0 Å². The van der Waals surface area contributed by atoms with Crippen molar-refractivity contribution in [1.82, 2.24) is 15.2 Å². The molecule has 2 aromatic heterocycles. The van der Waals surface area contributed by atoms with Crippen molar-refractivity contribution in [3.63, 3.8) is 0 Å². The molecule has 116 valence electrons. The maximum Gasteiger partial charge on any atom is 0.155 e. The summed E-state index contributed by atoms with van der Waals surface area (Å²) in [6.45, 7) is 0. The molecule has 0 amide bonds. The van der Waals surface area contributed by atoms with E-state index in [1.54, 1.807) is 19.5 Å². The van der Waals surface area contributed by atoms with E-state index in [9.17, 15) is 0 Å². The number of nitrogens with two attached hydrogens (primary N) is 2. The Morgan fingerprint density at radius 2 is 2.22 bits per heavy atom. The number of fused-ring (bicyclic) bond motifs is 1. The zero-order chi connectivity index (χ0) is 16.2. The summed E-state index contributed by atoms with van der Waals surface area (Å²) in [5.74, 6) is 1.52. The van der Waals surface area contributed by atoms with Gasteiger partial charge < -0.3 is 16.2 Å². The highest BCUT2D eigenvalue weighted by atomic mass is 16.5. The summed E-state index contributed by atoms with van der Waals surface area (Å²) in [6.07, 6.45) is 6.33. The van der Waals surface area contributed by atoms with Crippen LogP contribution in [-0.4, -0.2) is 28.1 Å². The van der Waals surface area contributed by atoms with Gasteiger partial charge >= 0.3 is 0 Å². The van der Waals surface area contributed by atoms with Gasteiger partial charge in [-0.2, -0.15) is 5.10 Å². The molecule has 5 N–H and O–H groups in total. The number of aromatic amines is 1. The molecule has 0 fully saturated rings. The van der Waals surface area contributed by atoms with Crippen LogP contribution in [0.5, 0.6) is 5.75 Å². The van der Waals surface area contributed by atoms with Gasteiger partial charge in [-0.3, -0.25) is 5.10 Å². The third-order valence-corrected chi connectivity index (χ3v) is 3.31. The zero-order valence-corrected chi connectivity index (χ0v) is 12.5. The molecule has 0 atom stereocenters. The first kappa shape index (κ1) is 14.6. The molecular formula is C16H16N6O. The summed E-state index contributed by atoms with van der Waals surface area (Å²) in [7, 11) is 1.63. The van der Waals surface area contributed by atoms with Gasteiger partial charge in [-0.1, -0.05) is 0 Å². The topological polar surface area (TPSA) is 115 Å². The predicted molar refractivity (Wildman–Crippen MR) is 90.5 cm³/mol. The van der Waals surface area contributed by atoms with Gasteiger partial charge in [0.2, 0.25) is 0 Å². The lowest BCUT2D eigenvalue weighted by molar-refractivity contribution is 0.415. The molecule has 3 rings (SSSR count). The largest absolute Gasteiger partial charge is 0.497 e. The first-order valence-electron chi connectivity index (χ1n) is 6.91. The van der Waals surface area contributed by atoms with Crippen LogP contribution < -0.4 is 16.2 Å². The van der Waals surface area contributed by atoms with Crippen molar-refractivity contribution in [3.05, 3.63) is 48.9 Å². The van der Waals surface area contributed by atoms with Crippen LogP contribution in [0.25, 0.3) is 22.0 Å². The van der Waals surface area contributed by atoms with Crippen molar-refractivity contribution in [2.24, 2.45) is 16.5 Å². The van der Waals surface area contributed by atoms with Crippen LogP contribution >= 0.6 is 0 Å². The first-order valence-corrected chi connectivity index (χ1v) is 6.91. The fourth-order valence-electron chi connectivity index (χ4n) is 2.27. The van der Waals surface area contributed by atoms with E-state index >= 15 is 0 Å². The smallest absolute Gasteiger partial charge is 0.155 e. The highest BCUT2D eigenvalue weighted by Gasteiger charge is 2.10. The number of pyridine rings is 1. The SMILES string of the molecule is COc1ccc2c(-c3cn[nH]c3)nc(N=C(N)/C=C\N)cc2c1. The van der Waals surface area contributed by atoms with Crippen LogP contribution in [0.2, 0.25) is 0 Å². The summed E-state index contributed by atoms with van der Waals surface area (Å²) in [6, 6.07) is 7.62. The number of hydrogen-bond donors (Lipinski definition) is 3. The number of nitrogens with zero attached hydrogens (tertiary/aromatic N) is 3. The van der Waals surface area contributed by atoms with E-state index in [4.69, 9.17) is 16.2 Å². The number of aliphatic imine (C=N–C) groups is 1. The number of aromatic nitrogens is 3. The van der Waals surface area contributed by atoms with Gasteiger partial charge in [0.25, 0.3) is 0 Å². The number of H-pyrrole nitrogens is 1. The van der Waals surface area contributed by atoms with Gasteiger partial charge in [-0.05, 0) is 41.9 Å². The number of hydrogen-bond acceptors (Lipinski definition) is 5. The predicted octanol–water partition coefficient (Wildman–Crippen LogP) is 2.09. The molecule has 0 saturated heterocycles. The lowest BCUT2D eigenvalue weighted by atomic mass is 10.1. The minimum atomic E-state index is 0.278. The van der Waals surface area contributed by atoms with Crippen LogP contribution in [0.15, 0.2) is 53.9 Å². The fourth-order valence-corrected chi connectivity index (χ4v) is 2.27. The average Bonchev–Trinajstić information content (AvgIpc) is 3.08. The molecule has 23 heavy (non-hydrogen) atoms. The Kier molecular flexibility index (Phi) is 3.92. The zero-order valence-electron chi connectivity index (χ0n) is 12.5. The number of methoxy groups -OCH3 is 1. The Hall–Kier alpha value is -3.35. The van der Waals surface area contributed by atoms with Crippen LogP contribution in [0.3, 0.4) is 0 Å². The van der Waals surface area contributed by atoms with Gasteiger partial charge in [0.15, 0.2) is 5.82 Å². The van der Waals surface area contributed by atoms with E-state index < -0.39 is 0 Å². The molecule has 0 aliphatic heterocycles. The summed E-state index contributed by atoms with van der Waals surface area (Å²) >= 11 is 0. The summed E-state index contributed by atoms with van der Waals surface area (Å²) in [5, 5.41) is 8.69. The lowest BCUT2D eigenvalue weighted by Crippen LogP contribution is -2.07. The van der Waals surface area contributed by atoms with E-state index in [-0.39, 0.29) is 5.84 Å². The third-order valence-electron chi connectivity index (χ3n) is 3.31. The Morgan fingerprint density at radius 1 is 1.35 bits per heavy atom. The fraction of sp³-hybridized carbons (Fsp3) is 0.0625. The number of rotatable bonds is 4. The van der Waals surface area contributed by atoms with Crippen LogP contribution in [0, 0.1) is 0 Å².